The lowest BCUT2D eigenvalue weighted by Crippen LogP contribution is -2.40. The van der Waals surface area contributed by atoms with Crippen LogP contribution in [0.2, 0.25) is 0 Å². The molecule has 4 N–H and O–H groups in total. The molecule has 1 heterocycles. The molecule has 0 aliphatic carbocycles. The third kappa shape index (κ3) is 6.42. The molecule has 41 heavy (non-hydrogen) atoms. The molecule has 0 radical (unpaired) electrons. The second-order valence-corrected chi connectivity index (χ2v) is 9.84. The number of hydrogen-bond acceptors (Lipinski definition) is 9. The number of carbonyl (C=O) groups is 1. The van der Waals surface area contributed by atoms with Crippen LogP contribution in [0.3, 0.4) is 0 Å². The summed E-state index contributed by atoms with van der Waals surface area (Å²) in [5.74, 6) is 0.910. The fourth-order valence-corrected chi connectivity index (χ4v) is 4.57. The largest absolute Gasteiger partial charge is 0.504 e. The molecule has 4 rings (SSSR count). The molecule has 0 aliphatic rings. The van der Waals surface area contributed by atoms with Crippen LogP contribution >= 0.6 is 15.9 Å². The Labute approximate surface area is 242 Å². The number of aromatic nitrogens is 3. The Hall–Kier alpha value is -4.62. The smallest absolute Gasteiger partial charge is 0.349 e. The number of phenolic OH excluding ortho intramolecular Hbond substituents is 1. The topological polar surface area (TPSA) is 165 Å². The predicted molar refractivity (Wildman–Crippen MR) is 153 cm³/mol. The molecule has 1 unspecified atom stereocenters. The second kappa shape index (κ2) is 12.3. The van der Waals surface area contributed by atoms with Crippen LogP contribution in [0.5, 0.6) is 28.7 Å². The number of aromatic amines is 1. The normalized spacial score (nSPS) is 11.6. The molecule has 0 saturated carbocycles. The zero-order valence-corrected chi connectivity index (χ0v) is 24.1. The fourth-order valence-electron chi connectivity index (χ4n) is 4.06. The van der Waals surface area contributed by atoms with Crippen molar-refractivity contribution >= 4 is 21.8 Å². The van der Waals surface area contributed by atoms with Gasteiger partial charge in [0.05, 0.1) is 30.5 Å². The average Bonchev–Trinajstić information content (AvgIpc) is 2.93. The summed E-state index contributed by atoms with van der Waals surface area (Å²) in [7, 11) is 2.93. The first-order valence-electron chi connectivity index (χ1n) is 12.2. The van der Waals surface area contributed by atoms with Gasteiger partial charge in [-0.3, -0.25) is 14.6 Å². The van der Waals surface area contributed by atoms with Crippen LogP contribution < -0.4 is 30.8 Å². The van der Waals surface area contributed by atoms with E-state index in [9.17, 15) is 24.6 Å². The number of amides is 1. The lowest BCUT2D eigenvalue weighted by atomic mass is 10.1. The van der Waals surface area contributed by atoms with Gasteiger partial charge in [-0.15, -0.1) is 0 Å². The Kier molecular flexibility index (Phi) is 8.79. The molecule has 1 amide bonds. The van der Waals surface area contributed by atoms with Gasteiger partial charge >= 0.3 is 5.69 Å². The molecule has 0 aliphatic heterocycles. The van der Waals surface area contributed by atoms with Crippen molar-refractivity contribution in [1.82, 2.24) is 20.1 Å². The monoisotopic (exact) mass is 626 g/mol. The van der Waals surface area contributed by atoms with Crippen LogP contribution in [0.1, 0.15) is 33.3 Å². The van der Waals surface area contributed by atoms with Crippen LogP contribution in [0.4, 0.5) is 0 Å². The molecule has 214 valence electrons. The highest BCUT2D eigenvalue weighted by Gasteiger charge is 2.19. The Bertz CT molecular complexity index is 1710. The highest BCUT2D eigenvalue weighted by Crippen LogP contribution is 2.35. The number of H-pyrrole nitrogens is 1. The number of halogens is 1. The number of aryl methyl sites for hydroxylation is 2. The molecule has 0 spiro atoms. The minimum absolute atomic E-state index is 0.107. The molecular weight excluding hydrogens is 600 g/mol. The zero-order chi connectivity index (χ0) is 29.8. The Morgan fingerprint density at radius 2 is 1.73 bits per heavy atom. The van der Waals surface area contributed by atoms with E-state index in [-0.39, 0.29) is 18.0 Å². The van der Waals surface area contributed by atoms with Gasteiger partial charge in [-0.1, -0.05) is 6.07 Å². The number of ether oxygens (including phenoxy) is 3. The molecule has 0 bridgehead atoms. The molecule has 0 saturated heterocycles. The number of aliphatic hydroxyl groups is 1. The number of hydrogen-bond donors (Lipinski definition) is 4. The van der Waals surface area contributed by atoms with Gasteiger partial charge in [0.15, 0.2) is 11.5 Å². The maximum Gasteiger partial charge on any atom is 0.349 e. The number of nitrogens with zero attached hydrogens (tertiary/aromatic N) is 2. The zero-order valence-electron chi connectivity index (χ0n) is 22.5. The lowest BCUT2D eigenvalue weighted by Gasteiger charge is -2.15. The van der Waals surface area contributed by atoms with Crippen LogP contribution in [-0.4, -0.2) is 51.6 Å². The first-order valence-corrected chi connectivity index (χ1v) is 13.0. The predicted octanol–water partition coefficient (Wildman–Crippen LogP) is 3.28. The maximum absolute atomic E-state index is 12.8. The van der Waals surface area contributed by atoms with Crippen molar-refractivity contribution in [1.29, 1.82) is 0 Å². The maximum atomic E-state index is 12.8. The first kappa shape index (κ1) is 29.4. The van der Waals surface area contributed by atoms with E-state index in [4.69, 9.17) is 14.2 Å². The van der Waals surface area contributed by atoms with Gasteiger partial charge in [-0.05, 0) is 88.9 Å². The quantitative estimate of drug-likeness (QED) is 0.218. The number of aliphatic hydroxyl groups excluding tert-OH is 1. The van der Waals surface area contributed by atoms with Crippen LogP contribution in [0, 0.1) is 13.8 Å². The number of nitrogens with one attached hydrogen (secondary N) is 2. The molecule has 4 aromatic rings. The summed E-state index contributed by atoms with van der Waals surface area (Å²) < 4.78 is 18.0. The van der Waals surface area contributed by atoms with Crippen molar-refractivity contribution in [3.05, 3.63) is 96.2 Å². The van der Waals surface area contributed by atoms with Crippen molar-refractivity contribution < 1.29 is 29.2 Å². The Balaban J connectivity index is 1.57. The minimum Gasteiger partial charge on any atom is -0.504 e. The average molecular weight is 627 g/mol. The summed E-state index contributed by atoms with van der Waals surface area (Å²) >= 11 is 3.43. The van der Waals surface area contributed by atoms with E-state index >= 15 is 0 Å². The summed E-state index contributed by atoms with van der Waals surface area (Å²) in [6.07, 6.45) is -1.18. The molecule has 13 heteroatoms. The third-order valence-electron chi connectivity index (χ3n) is 6.12. The Morgan fingerprint density at radius 1 is 1.05 bits per heavy atom. The van der Waals surface area contributed by atoms with E-state index in [2.05, 4.69) is 31.3 Å². The molecule has 1 atom stereocenters. The minimum atomic E-state index is -1.18. The summed E-state index contributed by atoms with van der Waals surface area (Å²) in [5, 5.41) is 26.7. The number of aromatic hydroxyl groups is 1. The summed E-state index contributed by atoms with van der Waals surface area (Å²) in [6.45, 7) is 3.29. The third-order valence-corrected chi connectivity index (χ3v) is 6.74. The number of phenols is 1. The SMILES string of the molecule is COc1cc(C(O)CNC(=O)c2nn(-c3cc(C)c(Oc4ccc(OC)c(Br)c4)c(C)c3)c(=O)[nH]c2=O)ccc1O. The van der Waals surface area contributed by atoms with Crippen LogP contribution in [-0.2, 0) is 0 Å². The summed E-state index contributed by atoms with van der Waals surface area (Å²) in [4.78, 5) is 40.0. The van der Waals surface area contributed by atoms with Crippen molar-refractivity contribution in [2.24, 2.45) is 0 Å². The number of carbonyl (C=O) groups excluding carboxylic acids is 1. The van der Waals surface area contributed by atoms with E-state index in [0.29, 0.717) is 39.6 Å². The van der Waals surface area contributed by atoms with Crippen molar-refractivity contribution in [2.75, 3.05) is 20.8 Å². The first-order chi connectivity index (χ1) is 19.5. The van der Waals surface area contributed by atoms with E-state index in [1.165, 1.54) is 25.3 Å². The van der Waals surface area contributed by atoms with Crippen molar-refractivity contribution in [3.8, 4) is 34.4 Å². The van der Waals surface area contributed by atoms with Gasteiger partial charge in [0.1, 0.15) is 17.2 Å². The summed E-state index contributed by atoms with van der Waals surface area (Å²) in [5.41, 5.74) is -0.386. The fraction of sp³-hybridized carbons (Fsp3) is 0.214. The van der Waals surface area contributed by atoms with E-state index < -0.39 is 29.0 Å². The molecule has 12 nitrogen and oxygen atoms in total. The van der Waals surface area contributed by atoms with Gasteiger partial charge in [0, 0.05) is 6.54 Å². The summed E-state index contributed by atoms with van der Waals surface area (Å²) in [6, 6.07) is 12.8. The van der Waals surface area contributed by atoms with Crippen LogP contribution in [0.15, 0.2) is 62.6 Å². The number of methoxy groups -OCH3 is 2. The van der Waals surface area contributed by atoms with E-state index in [1.807, 2.05) is 0 Å². The molecule has 3 aromatic carbocycles. The van der Waals surface area contributed by atoms with Gasteiger partial charge in [0.2, 0.25) is 5.69 Å². The standard InChI is InChI=1S/C28H27BrN4O8/c1-14-9-17(10-15(2)25(14)41-18-6-8-22(39-3)19(29)12-18)33-28(38)31-27(37)24(32-33)26(36)30-13-21(35)16-5-7-20(34)23(11-16)40-4/h5-12,21,34-35H,13H2,1-4H3,(H,30,36)(H,31,37,38). The Morgan fingerprint density at radius 3 is 2.37 bits per heavy atom. The van der Waals surface area contributed by atoms with Gasteiger partial charge in [0.25, 0.3) is 11.5 Å². The number of rotatable bonds is 9. The van der Waals surface area contributed by atoms with E-state index in [0.717, 1.165) is 9.15 Å². The highest BCUT2D eigenvalue weighted by molar-refractivity contribution is 9.10. The molecule has 0 fully saturated rings. The lowest BCUT2D eigenvalue weighted by molar-refractivity contribution is 0.0907. The van der Waals surface area contributed by atoms with Crippen LogP contribution in [0.25, 0.3) is 5.69 Å². The highest BCUT2D eigenvalue weighted by atomic mass is 79.9. The van der Waals surface area contributed by atoms with Gasteiger partial charge < -0.3 is 29.7 Å². The van der Waals surface area contributed by atoms with E-state index in [1.54, 1.807) is 51.3 Å². The van der Waals surface area contributed by atoms with Gasteiger partial charge in [-0.25, -0.2) is 4.79 Å². The molecule has 1 aromatic heterocycles. The van der Waals surface area contributed by atoms with Gasteiger partial charge in [-0.2, -0.15) is 9.78 Å². The second-order valence-electron chi connectivity index (χ2n) is 8.98. The van der Waals surface area contributed by atoms with Crippen molar-refractivity contribution in [2.45, 2.75) is 20.0 Å². The van der Waals surface area contributed by atoms with Crippen molar-refractivity contribution in [3.63, 3.8) is 0 Å². The number of benzene rings is 3. The molecular formula is C28H27BrN4O8.